The van der Waals surface area contributed by atoms with Crippen LogP contribution in [-0.4, -0.2) is 36.9 Å². The highest BCUT2D eigenvalue weighted by Gasteiger charge is 2.31. The summed E-state index contributed by atoms with van der Waals surface area (Å²) >= 11 is 3.44. The summed E-state index contributed by atoms with van der Waals surface area (Å²) in [4.78, 5) is 12.7. The van der Waals surface area contributed by atoms with Gasteiger partial charge in [-0.25, -0.2) is 8.42 Å². The number of ketones is 1. The van der Waals surface area contributed by atoms with E-state index < -0.39 is 9.84 Å². The monoisotopic (exact) mass is 439 g/mol. The third kappa shape index (κ3) is 3.88. The number of nitrogens with zero attached hydrogens (tertiary/aromatic N) is 1. The van der Waals surface area contributed by atoms with Crippen molar-refractivity contribution in [3.05, 3.63) is 51.3 Å². The molecule has 1 aliphatic heterocycles. The summed E-state index contributed by atoms with van der Waals surface area (Å²) in [5.41, 5.74) is 3.41. The molecule has 0 N–H and O–H groups in total. The largest absolute Gasteiger partial charge is 0.484 e. The second-order valence-electron chi connectivity index (χ2n) is 6.86. The number of rotatable bonds is 5. The van der Waals surface area contributed by atoms with E-state index in [4.69, 9.17) is 4.74 Å². The van der Waals surface area contributed by atoms with E-state index in [1.54, 1.807) is 0 Å². The summed E-state index contributed by atoms with van der Waals surface area (Å²) in [6.07, 6.45) is 0.596. The number of ether oxygens (including phenoxy) is 1. The first kappa shape index (κ1) is 19.2. The first-order valence-corrected chi connectivity index (χ1v) is 11.1. The molecule has 2 aromatic rings. The molecule has 1 aliphatic rings. The molecule has 0 radical (unpaired) electrons. The van der Waals surface area contributed by atoms with Crippen molar-refractivity contribution in [2.45, 2.75) is 33.2 Å². The van der Waals surface area contributed by atoms with E-state index in [2.05, 4.69) is 15.9 Å². The summed E-state index contributed by atoms with van der Waals surface area (Å²) < 4.78 is 32.0. The van der Waals surface area contributed by atoms with Crippen LogP contribution in [0, 0.1) is 20.8 Å². The minimum absolute atomic E-state index is 0.0606. The van der Waals surface area contributed by atoms with E-state index in [0.29, 0.717) is 17.7 Å². The topological polar surface area (TPSA) is 65.4 Å². The number of sulfone groups is 1. The lowest BCUT2D eigenvalue weighted by molar-refractivity contribution is 0.0920. The van der Waals surface area contributed by atoms with Crippen molar-refractivity contribution in [3.63, 3.8) is 0 Å². The van der Waals surface area contributed by atoms with Crippen LogP contribution in [0.1, 0.15) is 39.8 Å². The Hall–Kier alpha value is -1.60. The summed E-state index contributed by atoms with van der Waals surface area (Å²) in [5.74, 6) is 0.865. The predicted octanol–water partition coefficient (Wildman–Crippen LogP) is 3.80. The first-order chi connectivity index (χ1) is 12.2. The third-order valence-corrected chi connectivity index (χ3v) is 7.17. The highest BCUT2D eigenvalue weighted by atomic mass is 79.9. The molecule has 1 aromatic heterocycles. The van der Waals surface area contributed by atoms with Gasteiger partial charge < -0.3 is 9.30 Å². The minimum atomic E-state index is -2.98. The van der Waals surface area contributed by atoms with Crippen LogP contribution in [0.5, 0.6) is 5.75 Å². The molecule has 3 rings (SSSR count). The molecule has 140 valence electrons. The molecule has 2 heterocycles. The summed E-state index contributed by atoms with van der Waals surface area (Å²) in [7, 11) is -2.98. The zero-order valence-electron chi connectivity index (χ0n) is 15.1. The van der Waals surface area contributed by atoms with Crippen LogP contribution in [0.2, 0.25) is 0 Å². The lowest BCUT2D eigenvalue weighted by Gasteiger charge is -2.16. The minimum Gasteiger partial charge on any atom is -0.484 e. The van der Waals surface area contributed by atoms with Gasteiger partial charge in [-0.3, -0.25) is 4.79 Å². The van der Waals surface area contributed by atoms with Gasteiger partial charge in [-0.2, -0.15) is 0 Å². The van der Waals surface area contributed by atoms with Crippen LogP contribution >= 0.6 is 15.9 Å². The molecule has 0 amide bonds. The quantitative estimate of drug-likeness (QED) is 0.664. The number of aromatic nitrogens is 1. The molecule has 1 unspecified atom stereocenters. The molecule has 0 aliphatic carbocycles. The Morgan fingerprint density at radius 2 is 2.00 bits per heavy atom. The van der Waals surface area contributed by atoms with Gasteiger partial charge in [-0.1, -0.05) is 6.07 Å². The maximum atomic E-state index is 12.7. The smallest absolute Gasteiger partial charge is 0.202 e. The lowest BCUT2D eigenvalue weighted by Crippen LogP contribution is -2.16. The Morgan fingerprint density at radius 3 is 2.62 bits per heavy atom. The van der Waals surface area contributed by atoms with E-state index in [0.717, 1.165) is 21.4 Å². The van der Waals surface area contributed by atoms with Crippen molar-refractivity contribution in [2.24, 2.45) is 0 Å². The molecule has 26 heavy (non-hydrogen) atoms. The fraction of sp³-hybridized carbons (Fsp3) is 0.421. The van der Waals surface area contributed by atoms with E-state index >= 15 is 0 Å². The maximum absolute atomic E-state index is 12.7. The van der Waals surface area contributed by atoms with E-state index in [-0.39, 0.29) is 29.9 Å². The van der Waals surface area contributed by atoms with Crippen molar-refractivity contribution in [2.75, 3.05) is 18.1 Å². The van der Waals surface area contributed by atoms with Gasteiger partial charge >= 0.3 is 0 Å². The number of hydrogen-bond acceptors (Lipinski definition) is 4. The van der Waals surface area contributed by atoms with Gasteiger partial charge in [-0.05, 0) is 66.9 Å². The van der Waals surface area contributed by atoms with Gasteiger partial charge in [0.15, 0.2) is 16.4 Å². The highest BCUT2D eigenvalue weighted by molar-refractivity contribution is 9.10. The second kappa shape index (κ2) is 7.19. The molecule has 1 saturated heterocycles. The average molecular weight is 440 g/mol. The Labute approximate surface area is 162 Å². The summed E-state index contributed by atoms with van der Waals surface area (Å²) in [6.45, 7) is 5.70. The summed E-state index contributed by atoms with van der Waals surface area (Å²) in [6, 6.07) is 7.44. The second-order valence-corrected chi connectivity index (χ2v) is 9.94. The fourth-order valence-electron chi connectivity index (χ4n) is 3.54. The van der Waals surface area contributed by atoms with Gasteiger partial charge in [0.25, 0.3) is 0 Å². The molecule has 0 saturated carbocycles. The number of halogens is 1. The highest BCUT2D eigenvalue weighted by Crippen LogP contribution is 2.30. The average Bonchev–Trinajstić information content (AvgIpc) is 3.05. The molecule has 5 nitrogen and oxygen atoms in total. The SMILES string of the molecule is Cc1ccc(OCC(=O)c2cc(C)n(C3CCS(=O)(=O)C3)c2C)c(Br)c1. The standard InChI is InChI=1S/C19H22BrNO4S/c1-12-4-5-19(17(20)8-12)25-10-18(22)16-9-13(2)21(14(16)3)15-6-7-26(23,24)11-15/h4-5,8-9,15H,6-7,10-11H2,1-3H3. The maximum Gasteiger partial charge on any atom is 0.202 e. The van der Waals surface area contributed by atoms with Gasteiger partial charge in [-0.15, -0.1) is 0 Å². The molecule has 7 heteroatoms. The summed E-state index contributed by atoms with van der Waals surface area (Å²) in [5, 5.41) is 0. The zero-order valence-corrected chi connectivity index (χ0v) is 17.5. The van der Waals surface area contributed by atoms with Crippen LogP contribution in [0.4, 0.5) is 0 Å². The van der Waals surface area contributed by atoms with Gasteiger partial charge in [0.05, 0.1) is 16.0 Å². The normalized spacial score (nSPS) is 18.8. The van der Waals surface area contributed by atoms with Crippen molar-refractivity contribution in [1.29, 1.82) is 0 Å². The molecule has 1 atom stereocenters. The Balaban J connectivity index is 1.77. The van der Waals surface area contributed by atoms with Crippen molar-refractivity contribution >= 4 is 31.6 Å². The number of aryl methyl sites for hydroxylation is 2. The Morgan fingerprint density at radius 1 is 1.27 bits per heavy atom. The number of carbonyl (C=O) groups is 1. The van der Waals surface area contributed by atoms with Crippen LogP contribution < -0.4 is 4.74 Å². The van der Waals surface area contributed by atoms with Crippen LogP contribution in [-0.2, 0) is 9.84 Å². The molecular weight excluding hydrogens is 418 g/mol. The van der Waals surface area contributed by atoms with E-state index in [9.17, 15) is 13.2 Å². The van der Waals surface area contributed by atoms with Crippen LogP contribution in [0.25, 0.3) is 0 Å². The van der Waals surface area contributed by atoms with Gasteiger partial charge in [0.2, 0.25) is 5.78 Å². The van der Waals surface area contributed by atoms with E-state index in [1.807, 2.05) is 49.6 Å². The molecule has 0 spiro atoms. The van der Waals surface area contributed by atoms with E-state index in [1.165, 1.54) is 0 Å². The Kier molecular flexibility index (Phi) is 5.30. The van der Waals surface area contributed by atoms with Crippen LogP contribution in [0.3, 0.4) is 0 Å². The zero-order chi connectivity index (χ0) is 19.1. The first-order valence-electron chi connectivity index (χ1n) is 8.49. The number of carbonyl (C=O) groups excluding carboxylic acids is 1. The Bertz CT molecular complexity index is 962. The van der Waals surface area contributed by atoms with Gasteiger partial charge in [0.1, 0.15) is 5.75 Å². The molecular formula is C19H22BrNO4S. The molecule has 0 bridgehead atoms. The van der Waals surface area contributed by atoms with Crippen molar-refractivity contribution in [1.82, 2.24) is 4.57 Å². The van der Waals surface area contributed by atoms with Crippen molar-refractivity contribution in [3.8, 4) is 5.75 Å². The predicted molar refractivity (Wildman–Crippen MR) is 105 cm³/mol. The fourth-order valence-corrected chi connectivity index (χ4v) is 5.85. The van der Waals surface area contributed by atoms with Crippen LogP contribution in [0.15, 0.2) is 28.7 Å². The number of Topliss-reactive ketones (excluding diaryl/α,β-unsaturated/α-hetero) is 1. The third-order valence-electron chi connectivity index (χ3n) is 4.80. The number of benzene rings is 1. The number of hydrogen-bond donors (Lipinski definition) is 0. The van der Waals surface area contributed by atoms with Crippen molar-refractivity contribution < 1.29 is 17.9 Å². The van der Waals surface area contributed by atoms with Gasteiger partial charge in [0, 0.05) is 23.0 Å². The molecule has 1 fully saturated rings. The lowest BCUT2D eigenvalue weighted by atomic mass is 10.1. The molecule has 1 aromatic carbocycles.